The van der Waals surface area contributed by atoms with Crippen molar-refractivity contribution < 1.29 is 14.0 Å². The zero-order valence-electron chi connectivity index (χ0n) is 18.7. The molecule has 0 bridgehead atoms. The second-order valence-corrected chi connectivity index (χ2v) is 9.97. The minimum Gasteiger partial charge on any atom is -0.348 e. The van der Waals surface area contributed by atoms with Crippen LogP contribution in [0.3, 0.4) is 0 Å². The topological polar surface area (TPSA) is 87.5 Å². The summed E-state index contributed by atoms with van der Waals surface area (Å²) in [5.41, 5.74) is 8.59. The molecule has 1 saturated heterocycles. The molecular formula is C25H31FN4O2S. The summed E-state index contributed by atoms with van der Waals surface area (Å²) in [6.45, 7) is 2.66. The second-order valence-electron chi connectivity index (χ2n) is 8.75. The molecular weight excluding hydrogens is 439 g/mol. The van der Waals surface area contributed by atoms with E-state index in [1.165, 1.54) is 24.3 Å². The SMILES string of the molecule is NC1CCCCC1NC(=O)c1ccc(CN2CCSCC2)c(NC(=O)c2ccc(F)cc2)c1. The molecule has 2 atom stereocenters. The number of hydrogen-bond acceptors (Lipinski definition) is 5. The fraction of sp³-hybridized carbons (Fsp3) is 0.440. The molecule has 1 aliphatic carbocycles. The van der Waals surface area contributed by atoms with Gasteiger partial charge in [-0.1, -0.05) is 18.9 Å². The Morgan fingerprint density at radius 1 is 1.00 bits per heavy atom. The highest BCUT2D eigenvalue weighted by Crippen LogP contribution is 2.24. The predicted octanol–water partition coefficient (Wildman–Crippen LogP) is 3.63. The number of anilines is 1. The van der Waals surface area contributed by atoms with Gasteiger partial charge in [-0.25, -0.2) is 4.39 Å². The van der Waals surface area contributed by atoms with E-state index in [1.54, 1.807) is 6.07 Å². The number of benzene rings is 2. The van der Waals surface area contributed by atoms with Gasteiger partial charge in [-0.05, 0) is 54.8 Å². The first-order valence-electron chi connectivity index (χ1n) is 11.6. The Morgan fingerprint density at radius 2 is 1.70 bits per heavy atom. The maximum absolute atomic E-state index is 13.3. The van der Waals surface area contributed by atoms with Crippen LogP contribution in [0.15, 0.2) is 42.5 Å². The van der Waals surface area contributed by atoms with Crippen LogP contribution in [0.25, 0.3) is 0 Å². The van der Waals surface area contributed by atoms with Crippen molar-refractivity contribution in [2.75, 3.05) is 29.9 Å². The number of hydrogen-bond donors (Lipinski definition) is 3. The van der Waals surface area contributed by atoms with E-state index < -0.39 is 5.82 Å². The molecule has 2 amide bonds. The largest absolute Gasteiger partial charge is 0.348 e. The van der Waals surface area contributed by atoms with Crippen LogP contribution in [-0.2, 0) is 6.54 Å². The number of rotatable bonds is 6. The molecule has 6 nitrogen and oxygen atoms in total. The van der Waals surface area contributed by atoms with Gasteiger partial charge in [0.05, 0.1) is 0 Å². The smallest absolute Gasteiger partial charge is 0.255 e. The van der Waals surface area contributed by atoms with Crippen LogP contribution in [0.4, 0.5) is 10.1 Å². The first-order valence-corrected chi connectivity index (χ1v) is 12.7. The molecule has 8 heteroatoms. The molecule has 0 radical (unpaired) electrons. The van der Waals surface area contributed by atoms with Crippen molar-refractivity contribution in [2.45, 2.75) is 44.3 Å². The lowest BCUT2D eigenvalue weighted by molar-refractivity contribution is 0.0920. The molecule has 2 fully saturated rings. The van der Waals surface area contributed by atoms with Crippen molar-refractivity contribution in [3.05, 3.63) is 65.0 Å². The predicted molar refractivity (Wildman–Crippen MR) is 131 cm³/mol. The van der Waals surface area contributed by atoms with E-state index in [2.05, 4.69) is 15.5 Å². The number of nitrogens with two attached hydrogens (primary N) is 1. The maximum atomic E-state index is 13.3. The van der Waals surface area contributed by atoms with Crippen LogP contribution in [0.5, 0.6) is 0 Å². The van der Waals surface area contributed by atoms with Crippen molar-refractivity contribution in [3.8, 4) is 0 Å². The van der Waals surface area contributed by atoms with Gasteiger partial charge in [0.1, 0.15) is 5.82 Å². The molecule has 4 rings (SSSR count). The van der Waals surface area contributed by atoms with E-state index >= 15 is 0 Å². The quantitative estimate of drug-likeness (QED) is 0.600. The number of halogens is 1. The third kappa shape index (κ3) is 6.34. The Morgan fingerprint density at radius 3 is 2.42 bits per heavy atom. The fourth-order valence-corrected chi connectivity index (χ4v) is 5.34. The van der Waals surface area contributed by atoms with E-state index in [9.17, 15) is 14.0 Å². The first-order chi connectivity index (χ1) is 16.0. The molecule has 2 unspecified atom stereocenters. The van der Waals surface area contributed by atoms with Gasteiger partial charge in [-0.15, -0.1) is 0 Å². The van der Waals surface area contributed by atoms with Gasteiger partial charge >= 0.3 is 0 Å². The van der Waals surface area contributed by atoms with Crippen LogP contribution < -0.4 is 16.4 Å². The second kappa shape index (κ2) is 11.1. The monoisotopic (exact) mass is 470 g/mol. The summed E-state index contributed by atoms with van der Waals surface area (Å²) in [5, 5.41) is 6.02. The van der Waals surface area contributed by atoms with Gasteiger partial charge in [-0.3, -0.25) is 14.5 Å². The standard InChI is InChI=1S/C25H31FN4O2S/c26-20-9-7-17(8-10-20)24(31)29-23-15-18(25(32)28-22-4-2-1-3-21(22)27)5-6-19(23)16-30-11-13-33-14-12-30/h5-10,15,21-22H,1-4,11-14,16,27H2,(H,28,32)(H,29,31). The van der Waals surface area contributed by atoms with Crippen LogP contribution >= 0.6 is 11.8 Å². The minimum atomic E-state index is -0.394. The van der Waals surface area contributed by atoms with E-state index in [0.717, 1.165) is 55.8 Å². The summed E-state index contributed by atoms with van der Waals surface area (Å²) >= 11 is 1.94. The first kappa shape index (κ1) is 23.7. The van der Waals surface area contributed by atoms with E-state index in [1.807, 2.05) is 23.9 Å². The Balaban J connectivity index is 1.54. The molecule has 2 aromatic rings. The molecule has 0 spiro atoms. The van der Waals surface area contributed by atoms with Crippen molar-refractivity contribution in [1.29, 1.82) is 0 Å². The summed E-state index contributed by atoms with van der Waals surface area (Å²) in [5.74, 6) is 1.25. The van der Waals surface area contributed by atoms with Crippen molar-refractivity contribution in [3.63, 3.8) is 0 Å². The number of carbonyl (C=O) groups excluding carboxylic acids is 2. The summed E-state index contributed by atoms with van der Waals surface area (Å²) in [6, 6.07) is 10.8. The average molecular weight is 471 g/mol. The molecule has 1 aliphatic heterocycles. The number of carbonyl (C=O) groups is 2. The Bertz CT molecular complexity index is 979. The number of nitrogens with zero attached hydrogens (tertiary/aromatic N) is 1. The highest BCUT2D eigenvalue weighted by molar-refractivity contribution is 7.99. The maximum Gasteiger partial charge on any atom is 0.255 e. The molecule has 33 heavy (non-hydrogen) atoms. The summed E-state index contributed by atoms with van der Waals surface area (Å²) in [7, 11) is 0. The van der Waals surface area contributed by atoms with Crippen molar-refractivity contribution in [2.24, 2.45) is 5.73 Å². The van der Waals surface area contributed by atoms with E-state index in [0.29, 0.717) is 23.4 Å². The van der Waals surface area contributed by atoms with Gasteiger partial charge in [-0.2, -0.15) is 11.8 Å². The summed E-state index contributed by atoms with van der Waals surface area (Å²) in [4.78, 5) is 28.2. The molecule has 0 aromatic heterocycles. The molecule has 2 aromatic carbocycles. The lowest BCUT2D eigenvalue weighted by atomic mass is 9.91. The normalized spacial score (nSPS) is 21.4. The number of nitrogens with one attached hydrogen (secondary N) is 2. The van der Waals surface area contributed by atoms with Gasteiger partial charge in [0.25, 0.3) is 11.8 Å². The van der Waals surface area contributed by atoms with E-state index in [4.69, 9.17) is 5.73 Å². The highest BCUT2D eigenvalue weighted by Gasteiger charge is 2.24. The molecule has 1 saturated carbocycles. The Kier molecular flexibility index (Phi) is 8.01. The molecule has 1 heterocycles. The lowest BCUT2D eigenvalue weighted by Gasteiger charge is -2.29. The van der Waals surface area contributed by atoms with Crippen LogP contribution in [-0.4, -0.2) is 53.4 Å². The van der Waals surface area contributed by atoms with Crippen LogP contribution in [0.2, 0.25) is 0 Å². The number of amides is 2. The van der Waals surface area contributed by atoms with Crippen molar-refractivity contribution in [1.82, 2.24) is 10.2 Å². The van der Waals surface area contributed by atoms with Gasteiger partial charge in [0, 0.05) is 60.0 Å². The molecule has 2 aliphatic rings. The van der Waals surface area contributed by atoms with Gasteiger partial charge in [0.2, 0.25) is 0 Å². The van der Waals surface area contributed by atoms with Crippen LogP contribution in [0.1, 0.15) is 52.0 Å². The van der Waals surface area contributed by atoms with E-state index in [-0.39, 0.29) is 23.9 Å². The summed E-state index contributed by atoms with van der Waals surface area (Å²) < 4.78 is 13.3. The number of thioether (sulfide) groups is 1. The lowest BCUT2D eigenvalue weighted by Crippen LogP contribution is -2.49. The van der Waals surface area contributed by atoms with Gasteiger partial charge in [0.15, 0.2) is 0 Å². The Hall–Kier alpha value is -2.42. The summed E-state index contributed by atoms with van der Waals surface area (Å²) in [6.07, 6.45) is 3.95. The third-order valence-corrected chi connectivity index (χ3v) is 7.30. The molecule has 176 valence electrons. The van der Waals surface area contributed by atoms with Crippen LogP contribution in [0, 0.1) is 5.82 Å². The molecule has 4 N–H and O–H groups in total. The fourth-order valence-electron chi connectivity index (χ4n) is 4.36. The average Bonchev–Trinajstić information content (AvgIpc) is 2.82. The van der Waals surface area contributed by atoms with Gasteiger partial charge < -0.3 is 16.4 Å². The third-order valence-electron chi connectivity index (χ3n) is 6.36. The van der Waals surface area contributed by atoms with Crippen molar-refractivity contribution >= 4 is 29.3 Å². The zero-order chi connectivity index (χ0) is 23.2. The minimum absolute atomic E-state index is 0.0309. The zero-order valence-corrected chi connectivity index (χ0v) is 19.5. The Labute approximate surface area is 198 Å². The highest BCUT2D eigenvalue weighted by atomic mass is 32.2.